The Morgan fingerprint density at radius 1 is 1.06 bits per heavy atom. The van der Waals surface area contributed by atoms with Crippen molar-refractivity contribution < 1.29 is 28.2 Å². The van der Waals surface area contributed by atoms with Crippen LogP contribution < -0.4 is 19.5 Å². The first-order valence-corrected chi connectivity index (χ1v) is 11.6. The summed E-state index contributed by atoms with van der Waals surface area (Å²) in [6.45, 7) is 0.330. The van der Waals surface area contributed by atoms with Crippen molar-refractivity contribution in [1.82, 2.24) is 4.90 Å². The van der Waals surface area contributed by atoms with Gasteiger partial charge in [-0.25, -0.2) is 4.39 Å². The van der Waals surface area contributed by atoms with Crippen molar-refractivity contribution in [3.8, 4) is 17.2 Å². The van der Waals surface area contributed by atoms with Crippen LogP contribution in [0.25, 0.3) is 0 Å². The van der Waals surface area contributed by atoms with Gasteiger partial charge in [-0.05, 0) is 47.5 Å². The Kier molecular flexibility index (Phi) is 7.25. The Morgan fingerprint density at radius 2 is 1.74 bits per heavy atom. The molecule has 1 atom stereocenters. The molecule has 0 aliphatic carbocycles. The number of methoxy groups -OCH3 is 3. The number of halogens is 2. The predicted octanol–water partition coefficient (Wildman–Crippen LogP) is 5.34. The lowest BCUT2D eigenvalue weighted by molar-refractivity contribution is -0.117. The molecular formula is C26H24BrFN2O5. The molecule has 0 bridgehead atoms. The molecule has 3 aromatic rings. The molecule has 2 amide bonds. The molecule has 1 aliphatic rings. The Bertz CT molecular complexity index is 1260. The molecule has 7 nitrogen and oxygen atoms in total. The van der Waals surface area contributed by atoms with Crippen molar-refractivity contribution in [2.24, 2.45) is 0 Å². The van der Waals surface area contributed by atoms with Crippen LogP contribution in [0.1, 0.15) is 33.9 Å². The summed E-state index contributed by atoms with van der Waals surface area (Å²) >= 11 is 3.21. The minimum Gasteiger partial charge on any atom is -0.493 e. The number of anilines is 1. The molecule has 0 saturated heterocycles. The van der Waals surface area contributed by atoms with Crippen LogP contribution in [0.2, 0.25) is 0 Å². The minimum atomic E-state index is -0.679. The summed E-state index contributed by atoms with van der Waals surface area (Å²) in [5.41, 5.74) is 2.13. The van der Waals surface area contributed by atoms with Gasteiger partial charge in [-0.3, -0.25) is 9.59 Å². The molecule has 1 aliphatic heterocycles. The Morgan fingerprint density at radius 3 is 2.34 bits per heavy atom. The fourth-order valence-corrected chi connectivity index (χ4v) is 4.53. The number of rotatable bonds is 8. The van der Waals surface area contributed by atoms with E-state index in [9.17, 15) is 14.0 Å². The van der Waals surface area contributed by atoms with Gasteiger partial charge in [0.15, 0.2) is 11.5 Å². The second-order valence-electron chi connectivity index (χ2n) is 7.94. The number of fused-ring (bicyclic) bond motifs is 1. The molecule has 182 valence electrons. The fourth-order valence-electron chi connectivity index (χ4n) is 4.20. The van der Waals surface area contributed by atoms with E-state index in [0.717, 1.165) is 5.56 Å². The molecule has 0 aromatic heterocycles. The molecule has 1 heterocycles. The highest BCUT2D eigenvalue weighted by molar-refractivity contribution is 9.10. The molecular weight excluding hydrogens is 519 g/mol. The zero-order valence-corrected chi connectivity index (χ0v) is 21.0. The summed E-state index contributed by atoms with van der Waals surface area (Å²) in [6.07, 6.45) is -0.117. The van der Waals surface area contributed by atoms with Crippen LogP contribution in [-0.4, -0.2) is 38.0 Å². The zero-order valence-electron chi connectivity index (χ0n) is 19.4. The molecule has 0 spiro atoms. The first-order chi connectivity index (χ1) is 16.9. The molecule has 0 saturated carbocycles. The number of nitrogens with one attached hydrogen (secondary N) is 1. The van der Waals surface area contributed by atoms with E-state index in [2.05, 4.69) is 21.2 Å². The van der Waals surface area contributed by atoms with Gasteiger partial charge >= 0.3 is 0 Å². The van der Waals surface area contributed by atoms with E-state index in [4.69, 9.17) is 14.2 Å². The third kappa shape index (κ3) is 4.95. The molecule has 3 aromatic carbocycles. The van der Waals surface area contributed by atoms with E-state index < -0.39 is 17.8 Å². The van der Waals surface area contributed by atoms with Crippen molar-refractivity contribution >= 4 is 33.4 Å². The maximum atomic E-state index is 14.3. The van der Waals surface area contributed by atoms with Gasteiger partial charge in [0, 0.05) is 16.6 Å². The van der Waals surface area contributed by atoms with E-state index in [1.54, 1.807) is 35.2 Å². The summed E-state index contributed by atoms with van der Waals surface area (Å²) < 4.78 is 31.3. The molecule has 9 heteroatoms. The van der Waals surface area contributed by atoms with Crippen LogP contribution in [0.3, 0.4) is 0 Å². The third-order valence-corrected chi connectivity index (χ3v) is 6.37. The highest BCUT2D eigenvalue weighted by atomic mass is 79.9. The van der Waals surface area contributed by atoms with Gasteiger partial charge in [0.25, 0.3) is 5.91 Å². The van der Waals surface area contributed by atoms with E-state index in [1.165, 1.54) is 33.5 Å². The summed E-state index contributed by atoms with van der Waals surface area (Å²) in [6, 6.07) is 14.5. The van der Waals surface area contributed by atoms with E-state index >= 15 is 0 Å². The Balaban J connectivity index is 1.72. The Hall–Kier alpha value is -3.59. The lowest BCUT2D eigenvalue weighted by Gasteiger charge is -2.29. The summed E-state index contributed by atoms with van der Waals surface area (Å²) in [7, 11) is 4.49. The van der Waals surface area contributed by atoms with Crippen molar-refractivity contribution in [1.29, 1.82) is 0 Å². The topological polar surface area (TPSA) is 77.1 Å². The number of nitrogens with zero attached hydrogens (tertiary/aromatic N) is 1. The van der Waals surface area contributed by atoms with Crippen molar-refractivity contribution in [2.75, 3.05) is 26.6 Å². The van der Waals surface area contributed by atoms with E-state index in [-0.39, 0.29) is 18.0 Å². The van der Waals surface area contributed by atoms with Crippen LogP contribution in [0.4, 0.5) is 10.1 Å². The van der Waals surface area contributed by atoms with Crippen LogP contribution in [-0.2, 0) is 11.3 Å². The molecule has 0 unspecified atom stereocenters. The minimum absolute atomic E-state index is 0.0536. The lowest BCUT2D eigenvalue weighted by atomic mass is 10.00. The number of hydrogen-bond donors (Lipinski definition) is 1. The summed E-state index contributed by atoms with van der Waals surface area (Å²) in [4.78, 5) is 28.0. The largest absolute Gasteiger partial charge is 0.493 e. The standard InChI is InChI=1S/C26H24BrFN2O5/c1-33-22-10-16(11-23(34-2)25(22)35-3)21(30-14-15-6-4-5-7-18(15)26(30)32)13-24(31)29-20-9-8-17(27)12-19(20)28/h4-12,21H,13-14H2,1-3H3,(H,29,31)/t21-/m0/s1. The lowest BCUT2D eigenvalue weighted by Crippen LogP contribution is -2.32. The second kappa shape index (κ2) is 10.4. The highest BCUT2D eigenvalue weighted by Crippen LogP contribution is 2.43. The molecule has 0 fully saturated rings. The van der Waals surface area contributed by atoms with Crippen molar-refractivity contribution in [3.05, 3.63) is 81.6 Å². The number of benzene rings is 3. The normalized spacial score (nSPS) is 13.3. The first-order valence-electron chi connectivity index (χ1n) is 10.8. The average Bonchev–Trinajstić information content (AvgIpc) is 3.19. The van der Waals surface area contributed by atoms with Crippen molar-refractivity contribution in [2.45, 2.75) is 19.0 Å². The monoisotopic (exact) mass is 542 g/mol. The maximum Gasteiger partial charge on any atom is 0.255 e. The average molecular weight is 543 g/mol. The summed E-state index contributed by atoms with van der Waals surface area (Å²) in [5.74, 6) is -0.0157. The molecule has 1 N–H and O–H groups in total. The summed E-state index contributed by atoms with van der Waals surface area (Å²) in [5, 5.41) is 2.62. The van der Waals surface area contributed by atoms with Gasteiger partial charge in [-0.15, -0.1) is 0 Å². The number of carbonyl (C=O) groups excluding carboxylic acids is 2. The quantitative estimate of drug-likeness (QED) is 0.415. The molecule has 4 rings (SSSR count). The first kappa shape index (κ1) is 24.5. The second-order valence-corrected chi connectivity index (χ2v) is 8.86. The van der Waals surface area contributed by atoms with Crippen LogP contribution in [0, 0.1) is 5.82 Å². The van der Waals surface area contributed by atoms with E-state index in [0.29, 0.717) is 39.4 Å². The van der Waals surface area contributed by atoms with Gasteiger partial charge in [0.05, 0.1) is 39.5 Å². The van der Waals surface area contributed by atoms with Crippen molar-refractivity contribution in [3.63, 3.8) is 0 Å². The molecule has 35 heavy (non-hydrogen) atoms. The third-order valence-electron chi connectivity index (χ3n) is 5.88. The predicted molar refractivity (Wildman–Crippen MR) is 133 cm³/mol. The number of ether oxygens (including phenoxy) is 3. The smallest absolute Gasteiger partial charge is 0.255 e. The van der Waals surface area contributed by atoms with Gasteiger partial charge in [0.2, 0.25) is 11.7 Å². The Labute approximate surface area is 210 Å². The van der Waals surface area contributed by atoms with Gasteiger partial charge in [-0.1, -0.05) is 34.1 Å². The fraction of sp³-hybridized carbons (Fsp3) is 0.231. The highest BCUT2D eigenvalue weighted by Gasteiger charge is 2.35. The van der Waals surface area contributed by atoms with Gasteiger partial charge in [-0.2, -0.15) is 0 Å². The number of amides is 2. The number of carbonyl (C=O) groups is 2. The van der Waals surface area contributed by atoms with Gasteiger partial charge in [0.1, 0.15) is 5.82 Å². The number of hydrogen-bond acceptors (Lipinski definition) is 5. The van der Waals surface area contributed by atoms with Gasteiger partial charge < -0.3 is 24.4 Å². The van der Waals surface area contributed by atoms with E-state index in [1.807, 2.05) is 12.1 Å². The van der Waals surface area contributed by atoms with Crippen LogP contribution in [0.15, 0.2) is 59.1 Å². The van der Waals surface area contributed by atoms with Crippen LogP contribution >= 0.6 is 15.9 Å². The SMILES string of the molecule is COc1cc([C@H](CC(=O)Nc2ccc(Br)cc2F)N2Cc3ccccc3C2=O)cc(OC)c1OC. The zero-order chi connectivity index (χ0) is 25.1. The molecule has 0 radical (unpaired) electrons. The maximum absolute atomic E-state index is 14.3. The van der Waals surface area contributed by atoms with Crippen LogP contribution in [0.5, 0.6) is 17.2 Å².